The van der Waals surface area contributed by atoms with Crippen LogP contribution < -0.4 is 0 Å². The van der Waals surface area contributed by atoms with Gasteiger partial charge in [-0.3, -0.25) is 0 Å². The molecule has 0 saturated carbocycles. The van der Waals surface area contributed by atoms with Gasteiger partial charge in [-0.25, -0.2) is 0 Å². The zero-order valence-electron chi connectivity index (χ0n) is 9.61. The molecule has 0 saturated heterocycles. The highest BCUT2D eigenvalue weighted by molar-refractivity contribution is 5.06. The van der Waals surface area contributed by atoms with Gasteiger partial charge < -0.3 is 19.7 Å². The summed E-state index contributed by atoms with van der Waals surface area (Å²) in [6, 6.07) is 2.26. The maximum Gasteiger partial charge on any atom is 0.426 e. The number of aliphatic hydroxyl groups is 3. The van der Waals surface area contributed by atoms with E-state index in [1.165, 1.54) is 6.07 Å². The molecule has 3 N–H and O–H groups in total. The molecule has 0 aliphatic rings. The highest BCUT2D eigenvalue weighted by Crippen LogP contribution is 2.46. The van der Waals surface area contributed by atoms with Crippen molar-refractivity contribution in [1.82, 2.24) is 0 Å². The molecule has 20 heavy (non-hydrogen) atoms. The van der Waals surface area contributed by atoms with Crippen molar-refractivity contribution in [2.24, 2.45) is 0 Å². The van der Waals surface area contributed by atoms with Gasteiger partial charge >= 0.3 is 12.4 Å². The van der Waals surface area contributed by atoms with Crippen LogP contribution in [0.25, 0.3) is 0 Å². The molecule has 2 atom stereocenters. The van der Waals surface area contributed by atoms with E-state index in [1.807, 2.05) is 0 Å². The van der Waals surface area contributed by atoms with Crippen LogP contribution in [0.5, 0.6) is 0 Å². The van der Waals surface area contributed by atoms with Crippen LogP contribution in [0.1, 0.15) is 18.3 Å². The highest BCUT2D eigenvalue weighted by atomic mass is 19.4. The molecule has 0 aliphatic heterocycles. The van der Waals surface area contributed by atoms with Crippen LogP contribution in [0.15, 0.2) is 22.8 Å². The van der Waals surface area contributed by atoms with Crippen LogP contribution in [0.4, 0.5) is 26.3 Å². The van der Waals surface area contributed by atoms with Gasteiger partial charge in [-0.2, -0.15) is 26.3 Å². The largest absolute Gasteiger partial charge is 0.466 e. The molecule has 1 heterocycles. The average Bonchev–Trinajstić information content (AvgIpc) is 2.77. The molecule has 10 heteroatoms. The summed E-state index contributed by atoms with van der Waals surface area (Å²) in [6.45, 7) is 0. The van der Waals surface area contributed by atoms with E-state index in [0.717, 1.165) is 12.3 Å². The van der Waals surface area contributed by atoms with Crippen LogP contribution in [0.2, 0.25) is 0 Å². The summed E-state index contributed by atoms with van der Waals surface area (Å²) in [5.41, 5.74) is -5.13. The lowest BCUT2D eigenvalue weighted by Crippen LogP contribution is -2.58. The molecule has 0 fully saturated rings. The second kappa shape index (κ2) is 5.26. The minimum atomic E-state index is -6.06. The fourth-order valence-electron chi connectivity index (χ4n) is 1.46. The number of halogens is 6. The normalized spacial score (nSPS) is 17.1. The maximum atomic E-state index is 12.4. The summed E-state index contributed by atoms with van der Waals surface area (Å²) in [6.07, 6.45) is -18.0. The second-order valence-electron chi connectivity index (χ2n) is 4.09. The number of aliphatic hydroxyl groups excluding tert-OH is 2. The molecule has 0 radical (unpaired) electrons. The summed E-state index contributed by atoms with van der Waals surface area (Å²) in [7, 11) is 0. The van der Waals surface area contributed by atoms with Crippen LogP contribution in [0.3, 0.4) is 0 Å². The van der Waals surface area contributed by atoms with E-state index in [4.69, 9.17) is 5.11 Å². The zero-order valence-corrected chi connectivity index (χ0v) is 9.61. The van der Waals surface area contributed by atoms with E-state index in [1.54, 1.807) is 0 Å². The number of hydrogen-bond acceptors (Lipinski definition) is 4. The lowest BCUT2D eigenvalue weighted by Gasteiger charge is -2.34. The standard InChI is InChI=1S/C10H10F6O4/c11-9(12,13)8(19,10(14,15)16)4-5(17)7(18)6-2-1-3-20-6/h1-3,5,7,17-19H,4H2/t5-,7+/m0/s1. The fraction of sp³-hybridized carbons (Fsp3) is 0.600. The minimum Gasteiger partial charge on any atom is -0.466 e. The zero-order chi connectivity index (χ0) is 15.8. The van der Waals surface area contributed by atoms with E-state index in [9.17, 15) is 36.6 Å². The van der Waals surface area contributed by atoms with Crippen molar-refractivity contribution in [2.45, 2.75) is 36.6 Å². The lowest BCUT2D eigenvalue weighted by atomic mass is 9.91. The molecule has 4 nitrogen and oxygen atoms in total. The van der Waals surface area contributed by atoms with Crippen molar-refractivity contribution < 1.29 is 46.1 Å². The number of furan rings is 1. The van der Waals surface area contributed by atoms with Gasteiger partial charge in [-0.05, 0) is 12.1 Å². The van der Waals surface area contributed by atoms with Crippen LogP contribution in [-0.4, -0.2) is 39.4 Å². The van der Waals surface area contributed by atoms with Crippen LogP contribution in [-0.2, 0) is 0 Å². The van der Waals surface area contributed by atoms with Crippen LogP contribution in [0, 0.1) is 0 Å². The van der Waals surface area contributed by atoms with Gasteiger partial charge in [-0.1, -0.05) is 0 Å². The molecule has 0 unspecified atom stereocenters. The maximum absolute atomic E-state index is 12.4. The third-order valence-corrected chi connectivity index (χ3v) is 2.64. The first-order chi connectivity index (χ1) is 8.90. The molecular weight excluding hydrogens is 298 g/mol. The van der Waals surface area contributed by atoms with Crippen molar-refractivity contribution in [3.8, 4) is 0 Å². The first-order valence-corrected chi connectivity index (χ1v) is 5.15. The van der Waals surface area contributed by atoms with Crippen molar-refractivity contribution in [2.75, 3.05) is 0 Å². The Hall–Kier alpha value is -1.26. The van der Waals surface area contributed by atoms with E-state index >= 15 is 0 Å². The Morgan fingerprint density at radius 1 is 1.05 bits per heavy atom. The van der Waals surface area contributed by atoms with Crippen LogP contribution >= 0.6 is 0 Å². The summed E-state index contributed by atoms with van der Waals surface area (Å²) in [4.78, 5) is 0. The Morgan fingerprint density at radius 3 is 1.90 bits per heavy atom. The number of alkyl halides is 6. The van der Waals surface area contributed by atoms with E-state index in [-0.39, 0.29) is 0 Å². The first kappa shape index (κ1) is 16.8. The van der Waals surface area contributed by atoms with Gasteiger partial charge in [0, 0.05) is 6.42 Å². The summed E-state index contributed by atoms with van der Waals surface area (Å²) >= 11 is 0. The molecule has 0 aromatic carbocycles. The van der Waals surface area contributed by atoms with Gasteiger partial charge in [0.2, 0.25) is 0 Å². The van der Waals surface area contributed by atoms with Crippen molar-refractivity contribution in [3.05, 3.63) is 24.2 Å². The number of rotatable bonds is 4. The van der Waals surface area contributed by atoms with Crippen molar-refractivity contribution in [1.29, 1.82) is 0 Å². The molecule has 0 aliphatic carbocycles. The first-order valence-electron chi connectivity index (χ1n) is 5.15. The quantitative estimate of drug-likeness (QED) is 0.743. The molecule has 0 bridgehead atoms. The summed E-state index contributed by atoms with van der Waals surface area (Å²) < 4.78 is 78.8. The molecule has 116 valence electrons. The predicted molar refractivity (Wildman–Crippen MR) is 51.4 cm³/mol. The molecule has 1 aromatic rings. The summed E-state index contributed by atoms with van der Waals surface area (Å²) in [5.74, 6) is -0.427. The van der Waals surface area contributed by atoms with Gasteiger partial charge in [0.15, 0.2) is 0 Å². The third kappa shape index (κ3) is 3.07. The second-order valence-corrected chi connectivity index (χ2v) is 4.09. The Kier molecular flexibility index (Phi) is 4.42. The smallest absolute Gasteiger partial charge is 0.426 e. The molecule has 0 amide bonds. The molecular formula is C10H10F6O4. The number of hydrogen-bond donors (Lipinski definition) is 3. The Labute approximate surface area is 108 Å². The Balaban J connectivity index is 2.97. The van der Waals surface area contributed by atoms with E-state index < -0.39 is 42.3 Å². The van der Waals surface area contributed by atoms with Gasteiger partial charge in [0.1, 0.15) is 11.9 Å². The predicted octanol–water partition coefficient (Wildman–Crippen LogP) is 1.92. The van der Waals surface area contributed by atoms with Gasteiger partial charge in [0.25, 0.3) is 5.60 Å². The highest BCUT2D eigenvalue weighted by Gasteiger charge is 2.70. The lowest BCUT2D eigenvalue weighted by molar-refractivity contribution is -0.375. The Bertz CT molecular complexity index is 410. The third-order valence-electron chi connectivity index (χ3n) is 2.64. The van der Waals surface area contributed by atoms with Gasteiger partial charge in [-0.15, -0.1) is 0 Å². The molecule has 1 rings (SSSR count). The summed E-state index contributed by atoms with van der Waals surface area (Å²) in [5, 5.41) is 27.5. The van der Waals surface area contributed by atoms with Crippen molar-refractivity contribution in [3.63, 3.8) is 0 Å². The average molecular weight is 308 g/mol. The van der Waals surface area contributed by atoms with Crippen molar-refractivity contribution >= 4 is 0 Å². The van der Waals surface area contributed by atoms with E-state index in [0.29, 0.717) is 0 Å². The minimum absolute atomic E-state index is 0.427. The van der Waals surface area contributed by atoms with Gasteiger partial charge in [0.05, 0.1) is 12.4 Å². The molecule has 0 spiro atoms. The van der Waals surface area contributed by atoms with E-state index in [2.05, 4.69) is 4.42 Å². The topological polar surface area (TPSA) is 73.8 Å². The Morgan fingerprint density at radius 2 is 1.55 bits per heavy atom. The SMILES string of the molecule is O[C@@H](CC(O)(C(F)(F)F)C(F)(F)F)[C@@H](O)c1ccco1. The fourth-order valence-corrected chi connectivity index (χ4v) is 1.46. The molecule has 1 aromatic heterocycles. The monoisotopic (exact) mass is 308 g/mol.